The van der Waals surface area contributed by atoms with Crippen LogP contribution in [-0.2, 0) is 6.42 Å². The van der Waals surface area contributed by atoms with Crippen molar-refractivity contribution in [1.29, 1.82) is 0 Å². The number of nitrogens with one attached hydrogen (secondary N) is 1. The molecule has 0 saturated carbocycles. The molecule has 2 rings (SSSR count). The van der Waals surface area contributed by atoms with E-state index in [-0.39, 0.29) is 6.10 Å². The van der Waals surface area contributed by atoms with E-state index in [1.807, 2.05) is 31.5 Å². The fraction of sp³-hybridized carbons (Fsp3) is 0.571. The highest BCUT2D eigenvalue weighted by Crippen LogP contribution is 2.14. The Balaban J connectivity index is 2.40. The third-order valence-corrected chi connectivity index (χ3v) is 2.69. The van der Waals surface area contributed by atoms with E-state index in [1.165, 1.54) is 0 Å². The summed E-state index contributed by atoms with van der Waals surface area (Å²) in [5.41, 5.74) is 0. The van der Waals surface area contributed by atoms with Crippen LogP contribution in [0, 0.1) is 0 Å². The van der Waals surface area contributed by atoms with Gasteiger partial charge in [0.1, 0.15) is 5.82 Å². The van der Waals surface area contributed by atoms with Gasteiger partial charge in [0, 0.05) is 25.4 Å². The summed E-state index contributed by atoms with van der Waals surface area (Å²) in [5, 5.41) is 3.10. The Kier molecular flexibility index (Phi) is 5.08. The lowest BCUT2D eigenvalue weighted by Gasteiger charge is -2.12. The van der Waals surface area contributed by atoms with Gasteiger partial charge in [-0.2, -0.15) is 15.0 Å². The maximum atomic E-state index is 5.60. The minimum absolute atomic E-state index is 0.00706. The monoisotopic (exact) mass is 290 g/mol. The summed E-state index contributed by atoms with van der Waals surface area (Å²) >= 11 is 0. The van der Waals surface area contributed by atoms with Gasteiger partial charge in [-0.1, -0.05) is 6.92 Å². The van der Waals surface area contributed by atoms with Crippen LogP contribution < -0.4 is 10.1 Å². The van der Waals surface area contributed by atoms with Gasteiger partial charge in [0.05, 0.1) is 6.10 Å². The van der Waals surface area contributed by atoms with Crippen molar-refractivity contribution in [3.63, 3.8) is 0 Å². The van der Waals surface area contributed by atoms with Crippen LogP contribution in [-0.4, -0.2) is 37.2 Å². The molecule has 7 nitrogen and oxygen atoms in total. The molecule has 114 valence electrons. The summed E-state index contributed by atoms with van der Waals surface area (Å²) in [6.45, 7) is 8.72. The van der Waals surface area contributed by atoms with Gasteiger partial charge in [-0.25, -0.2) is 4.98 Å². The number of aryl methyl sites for hydroxylation is 1. The predicted molar refractivity (Wildman–Crippen MR) is 80.9 cm³/mol. The molecule has 1 N–H and O–H groups in total. The maximum Gasteiger partial charge on any atom is 0.323 e. The van der Waals surface area contributed by atoms with Gasteiger partial charge in [0.2, 0.25) is 11.9 Å². The highest BCUT2D eigenvalue weighted by atomic mass is 16.5. The fourth-order valence-corrected chi connectivity index (χ4v) is 1.88. The van der Waals surface area contributed by atoms with E-state index in [9.17, 15) is 0 Å². The molecule has 7 heteroatoms. The molecule has 0 bridgehead atoms. The summed E-state index contributed by atoms with van der Waals surface area (Å²) in [6.07, 6.45) is 5.50. The largest absolute Gasteiger partial charge is 0.461 e. The second-order valence-electron chi connectivity index (χ2n) is 4.90. The van der Waals surface area contributed by atoms with E-state index in [0.717, 1.165) is 25.2 Å². The second-order valence-corrected chi connectivity index (χ2v) is 4.90. The van der Waals surface area contributed by atoms with Crippen LogP contribution in [0.1, 0.15) is 39.9 Å². The minimum Gasteiger partial charge on any atom is -0.461 e. The SMILES string of the molecule is CCCc1nccn1-c1nc(NCC)nc(OC(C)C)n1. The van der Waals surface area contributed by atoms with Crippen molar-refractivity contribution in [1.82, 2.24) is 24.5 Å². The molecule has 0 aromatic carbocycles. The van der Waals surface area contributed by atoms with Gasteiger partial charge in [-0.15, -0.1) is 0 Å². The number of aromatic nitrogens is 5. The summed E-state index contributed by atoms with van der Waals surface area (Å²) in [5.74, 6) is 1.97. The highest BCUT2D eigenvalue weighted by Gasteiger charge is 2.12. The van der Waals surface area contributed by atoms with Crippen LogP contribution in [0.25, 0.3) is 5.95 Å². The lowest BCUT2D eigenvalue weighted by Crippen LogP contribution is -2.14. The molecule has 0 amide bonds. The third kappa shape index (κ3) is 3.90. The zero-order chi connectivity index (χ0) is 15.2. The van der Waals surface area contributed by atoms with Crippen molar-refractivity contribution in [3.8, 4) is 12.0 Å². The van der Waals surface area contributed by atoms with Gasteiger partial charge < -0.3 is 10.1 Å². The first-order chi connectivity index (χ1) is 10.1. The quantitative estimate of drug-likeness (QED) is 0.842. The molecule has 0 aliphatic heterocycles. The van der Waals surface area contributed by atoms with Crippen molar-refractivity contribution in [2.75, 3.05) is 11.9 Å². The van der Waals surface area contributed by atoms with Gasteiger partial charge in [0.25, 0.3) is 0 Å². The Morgan fingerprint density at radius 2 is 2.05 bits per heavy atom. The zero-order valence-corrected chi connectivity index (χ0v) is 13.0. The van der Waals surface area contributed by atoms with Gasteiger partial charge in [-0.05, 0) is 27.2 Å². The van der Waals surface area contributed by atoms with E-state index in [4.69, 9.17) is 4.74 Å². The highest BCUT2D eigenvalue weighted by molar-refractivity contribution is 5.31. The van der Waals surface area contributed by atoms with Crippen molar-refractivity contribution < 1.29 is 4.74 Å². The zero-order valence-electron chi connectivity index (χ0n) is 13.0. The van der Waals surface area contributed by atoms with Gasteiger partial charge in [-0.3, -0.25) is 4.57 Å². The molecule has 2 aromatic rings. The van der Waals surface area contributed by atoms with Crippen LogP contribution in [0.3, 0.4) is 0 Å². The number of hydrogen-bond acceptors (Lipinski definition) is 6. The Hall–Kier alpha value is -2.18. The molecule has 2 heterocycles. The third-order valence-electron chi connectivity index (χ3n) is 2.69. The molecular weight excluding hydrogens is 268 g/mol. The first-order valence-electron chi connectivity index (χ1n) is 7.33. The maximum absolute atomic E-state index is 5.60. The number of anilines is 1. The number of hydrogen-bond donors (Lipinski definition) is 1. The molecule has 0 aliphatic rings. The number of ether oxygens (including phenoxy) is 1. The number of imidazole rings is 1. The average Bonchev–Trinajstić information content (AvgIpc) is 2.87. The lowest BCUT2D eigenvalue weighted by atomic mass is 10.3. The van der Waals surface area contributed by atoms with Gasteiger partial charge in [0.15, 0.2) is 0 Å². The molecule has 0 radical (unpaired) electrons. The van der Waals surface area contributed by atoms with E-state index < -0.39 is 0 Å². The minimum atomic E-state index is 0.00706. The molecule has 0 aliphatic carbocycles. The Bertz CT molecular complexity index is 581. The summed E-state index contributed by atoms with van der Waals surface area (Å²) < 4.78 is 7.48. The molecule has 0 unspecified atom stereocenters. The molecule has 2 aromatic heterocycles. The number of rotatable bonds is 7. The Morgan fingerprint density at radius 3 is 2.71 bits per heavy atom. The van der Waals surface area contributed by atoms with Crippen molar-refractivity contribution in [3.05, 3.63) is 18.2 Å². The van der Waals surface area contributed by atoms with Crippen LogP contribution >= 0.6 is 0 Å². The Labute approximate surface area is 124 Å². The molecule has 0 atom stereocenters. The molecular formula is C14H22N6O. The van der Waals surface area contributed by atoms with Crippen molar-refractivity contribution in [2.45, 2.75) is 46.6 Å². The predicted octanol–water partition coefficient (Wildman–Crippen LogP) is 2.23. The normalized spacial score (nSPS) is 10.9. The average molecular weight is 290 g/mol. The fourth-order valence-electron chi connectivity index (χ4n) is 1.88. The van der Waals surface area contributed by atoms with Gasteiger partial charge >= 0.3 is 6.01 Å². The molecule has 0 fully saturated rings. The first-order valence-corrected chi connectivity index (χ1v) is 7.33. The van der Waals surface area contributed by atoms with Crippen LogP contribution in [0.2, 0.25) is 0 Å². The lowest BCUT2D eigenvalue weighted by molar-refractivity contribution is 0.221. The van der Waals surface area contributed by atoms with Crippen LogP contribution in [0.5, 0.6) is 6.01 Å². The Morgan fingerprint density at radius 1 is 1.24 bits per heavy atom. The number of nitrogens with zero attached hydrogens (tertiary/aromatic N) is 5. The van der Waals surface area contributed by atoms with E-state index in [2.05, 4.69) is 32.2 Å². The smallest absolute Gasteiger partial charge is 0.323 e. The standard InChI is InChI=1S/C14H22N6O/c1-5-7-11-16-8-9-20(11)13-17-12(15-6-2)18-14(19-13)21-10(3)4/h8-10H,5-7H2,1-4H3,(H,15,17,18,19). The van der Waals surface area contributed by atoms with Crippen molar-refractivity contribution >= 4 is 5.95 Å². The van der Waals surface area contributed by atoms with Crippen LogP contribution in [0.4, 0.5) is 5.95 Å². The van der Waals surface area contributed by atoms with Crippen molar-refractivity contribution in [2.24, 2.45) is 0 Å². The topological polar surface area (TPSA) is 77.8 Å². The second kappa shape index (κ2) is 7.01. The molecule has 0 spiro atoms. The summed E-state index contributed by atoms with van der Waals surface area (Å²) in [7, 11) is 0. The van der Waals surface area contributed by atoms with E-state index >= 15 is 0 Å². The van der Waals surface area contributed by atoms with Crippen LogP contribution in [0.15, 0.2) is 12.4 Å². The molecule has 0 saturated heterocycles. The summed E-state index contributed by atoms with van der Waals surface area (Å²) in [6, 6.07) is 0.321. The first kappa shape index (κ1) is 15.2. The van der Waals surface area contributed by atoms with E-state index in [0.29, 0.717) is 17.9 Å². The molecule has 21 heavy (non-hydrogen) atoms. The van der Waals surface area contributed by atoms with E-state index in [1.54, 1.807) is 6.20 Å². The summed E-state index contributed by atoms with van der Waals surface area (Å²) in [4.78, 5) is 17.4.